The smallest absolute Gasteiger partial charge is 0.408 e. The Bertz CT molecular complexity index is 505. The van der Waals surface area contributed by atoms with E-state index >= 15 is 0 Å². The van der Waals surface area contributed by atoms with Crippen LogP contribution in [0.15, 0.2) is 0 Å². The molecule has 2 rings (SSSR count). The Morgan fingerprint density at radius 3 is 2.86 bits per heavy atom. The van der Waals surface area contributed by atoms with Gasteiger partial charge in [0.15, 0.2) is 0 Å². The van der Waals surface area contributed by atoms with Crippen LogP contribution in [0.4, 0.5) is 23.1 Å². The van der Waals surface area contributed by atoms with Gasteiger partial charge >= 0.3 is 12.2 Å². The molecule has 0 spiro atoms. The lowest BCUT2D eigenvalue weighted by Gasteiger charge is -2.23. The van der Waals surface area contributed by atoms with Crippen molar-refractivity contribution in [1.29, 1.82) is 0 Å². The first kappa shape index (κ1) is 16.7. The first-order valence-electron chi connectivity index (χ1n) is 6.52. The third-order valence-electron chi connectivity index (χ3n) is 3.02. The van der Waals surface area contributed by atoms with Gasteiger partial charge in [0.1, 0.15) is 6.04 Å². The molecule has 124 valence electrons. The Balaban J connectivity index is 1.92. The summed E-state index contributed by atoms with van der Waals surface area (Å²) < 4.78 is 48.9. The first-order chi connectivity index (χ1) is 10.4. The van der Waals surface area contributed by atoms with Crippen LogP contribution in [0.2, 0.25) is 0 Å². The van der Waals surface area contributed by atoms with Crippen molar-refractivity contribution in [1.82, 2.24) is 15.5 Å². The Morgan fingerprint density at radius 2 is 2.32 bits per heavy atom. The molecule has 1 saturated heterocycles. The average molecular weight is 340 g/mol. The fourth-order valence-corrected chi connectivity index (χ4v) is 2.56. The molecule has 1 aliphatic rings. The highest BCUT2D eigenvalue weighted by Crippen LogP contribution is 2.28. The number of ether oxygens (including phenoxy) is 2. The van der Waals surface area contributed by atoms with E-state index in [-0.39, 0.29) is 16.7 Å². The van der Waals surface area contributed by atoms with Crippen LogP contribution in [-0.2, 0) is 4.74 Å². The Morgan fingerprint density at radius 1 is 1.55 bits per heavy atom. The first-order valence-corrected chi connectivity index (χ1v) is 7.33. The van der Waals surface area contributed by atoms with Gasteiger partial charge in [-0.2, -0.15) is 13.2 Å². The van der Waals surface area contributed by atoms with Gasteiger partial charge in [-0.3, -0.25) is 5.32 Å². The molecule has 0 saturated carbocycles. The zero-order chi connectivity index (χ0) is 16.2. The van der Waals surface area contributed by atoms with E-state index in [0.29, 0.717) is 13.0 Å². The molecule has 0 bridgehead atoms. The SMILES string of the molecule is COc1nnc(NC(=O)NC(CC2CCCO2)C(F)(F)F)s1. The zero-order valence-corrected chi connectivity index (χ0v) is 12.5. The van der Waals surface area contributed by atoms with Crippen molar-refractivity contribution in [3.63, 3.8) is 0 Å². The van der Waals surface area contributed by atoms with Crippen LogP contribution in [0, 0.1) is 0 Å². The minimum absolute atomic E-state index is 0.0485. The van der Waals surface area contributed by atoms with Gasteiger partial charge in [-0.05, 0) is 24.2 Å². The van der Waals surface area contributed by atoms with Crippen molar-refractivity contribution >= 4 is 22.5 Å². The minimum atomic E-state index is -4.55. The number of aromatic nitrogens is 2. The third-order valence-corrected chi connectivity index (χ3v) is 3.82. The molecule has 1 aromatic heterocycles. The topological polar surface area (TPSA) is 85.4 Å². The standard InChI is InChI=1S/C11H15F3N4O3S/c1-20-10-18-17-9(22-10)16-8(19)15-7(11(12,13)14)5-6-3-2-4-21-6/h6-7H,2-5H2,1H3,(H2,15,16,17,19). The molecule has 11 heteroatoms. The number of carbonyl (C=O) groups excluding carboxylic acids is 1. The molecule has 2 N–H and O–H groups in total. The van der Waals surface area contributed by atoms with Gasteiger partial charge in [0.2, 0.25) is 5.13 Å². The maximum atomic E-state index is 13.0. The molecule has 0 radical (unpaired) electrons. The maximum Gasteiger partial charge on any atom is 0.408 e. The highest BCUT2D eigenvalue weighted by atomic mass is 32.1. The molecule has 2 unspecified atom stereocenters. The van der Waals surface area contributed by atoms with Crippen LogP contribution in [0.25, 0.3) is 0 Å². The third kappa shape index (κ3) is 4.70. The number of nitrogens with zero attached hydrogens (tertiary/aromatic N) is 2. The number of carbonyl (C=O) groups is 1. The number of anilines is 1. The van der Waals surface area contributed by atoms with Crippen molar-refractivity contribution in [2.24, 2.45) is 0 Å². The van der Waals surface area contributed by atoms with Crippen molar-refractivity contribution < 1.29 is 27.4 Å². The van der Waals surface area contributed by atoms with Gasteiger partial charge in [0.25, 0.3) is 5.19 Å². The number of amides is 2. The predicted octanol–water partition coefficient (Wildman–Crippen LogP) is 2.17. The van der Waals surface area contributed by atoms with Crippen molar-refractivity contribution in [2.45, 2.75) is 37.6 Å². The number of halogens is 3. The van der Waals surface area contributed by atoms with Gasteiger partial charge in [0.05, 0.1) is 13.2 Å². The Hall–Kier alpha value is -1.62. The summed E-state index contributed by atoms with van der Waals surface area (Å²) in [5.74, 6) is 0. The molecular formula is C11H15F3N4O3S. The molecule has 0 aromatic carbocycles. The molecule has 2 atom stereocenters. The van der Waals surface area contributed by atoms with Crippen LogP contribution in [-0.4, -0.2) is 48.3 Å². The summed E-state index contributed by atoms with van der Waals surface area (Å²) in [6.45, 7) is 0.450. The highest BCUT2D eigenvalue weighted by Gasteiger charge is 2.42. The Labute approximate surface area is 128 Å². The van der Waals surface area contributed by atoms with Gasteiger partial charge in [-0.1, -0.05) is 5.10 Å². The molecule has 2 heterocycles. The second kappa shape index (κ2) is 7.09. The number of methoxy groups -OCH3 is 1. The molecular weight excluding hydrogens is 325 g/mol. The normalized spacial score (nSPS) is 19.7. The summed E-state index contributed by atoms with van der Waals surface area (Å²) in [7, 11) is 1.37. The van der Waals surface area contributed by atoms with E-state index < -0.39 is 24.4 Å². The quantitative estimate of drug-likeness (QED) is 0.858. The van der Waals surface area contributed by atoms with E-state index in [1.807, 2.05) is 5.32 Å². The van der Waals surface area contributed by atoms with Crippen LogP contribution in [0.3, 0.4) is 0 Å². The molecule has 1 aliphatic heterocycles. The van der Waals surface area contributed by atoms with Crippen molar-refractivity contribution in [3.8, 4) is 5.19 Å². The van der Waals surface area contributed by atoms with Crippen LogP contribution >= 0.6 is 11.3 Å². The summed E-state index contributed by atoms with van der Waals surface area (Å²) in [5, 5.41) is 11.5. The summed E-state index contributed by atoms with van der Waals surface area (Å²) in [6, 6.07) is -2.98. The summed E-state index contributed by atoms with van der Waals surface area (Å²) in [4.78, 5) is 11.7. The van der Waals surface area contributed by atoms with Gasteiger partial charge in [-0.25, -0.2) is 4.79 Å². The van der Waals surface area contributed by atoms with Crippen molar-refractivity contribution in [3.05, 3.63) is 0 Å². The van der Waals surface area contributed by atoms with Crippen LogP contribution < -0.4 is 15.4 Å². The van der Waals surface area contributed by atoms with Gasteiger partial charge in [0, 0.05) is 13.0 Å². The number of nitrogens with one attached hydrogen (secondary N) is 2. The van der Waals surface area contributed by atoms with E-state index in [2.05, 4.69) is 15.5 Å². The predicted molar refractivity (Wildman–Crippen MR) is 72.0 cm³/mol. The second-order valence-electron chi connectivity index (χ2n) is 4.64. The average Bonchev–Trinajstić information content (AvgIpc) is 3.08. The van der Waals surface area contributed by atoms with Gasteiger partial charge in [-0.15, -0.1) is 5.10 Å². The minimum Gasteiger partial charge on any atom is -0.472 e. The van der Waals surface area contributed by atoms with E-state index in [0.717, 1.165) is 17.8 Å². The molecule has 7 nitrogen and oxygen atoms in total. The number of urea groups is 1. The summed E-state index contributed by atoms with van der Waals surface area (Å²) >= 11 is 0.906. The number of rotatable bonds is 5. The Kier molecular flexibility index (Phi) is 5.40. The lowest BCUT2D eigenvalue weighted by Crippen LogP contribution is -2.48. The lowest BCUT2D eigenvalue weighted by molar-refractivity contribution is -0.159. The molecule has 0 aliphatic carbocycles. The molecule has 2 amide bonds. The van der Waals surface area contributed by atoms with E-state index in [9.17, 15) is 18.0 Å². The molecule has 1 aromatic rings. The summed E-state index contributed by atoms with van der Waals surface area (Å²) in [6.07, 6.45) is -4.07. The summed E-state index contributed by atoms with van der Waals surface area (Å²) in [5.41, 5.74) is 0. The van der Waals surface area contributed by atoms with E-state index in [4.69, 9.17) is 9.47 Å². The fourth-order valence-electron chi connectivity index (χ4n) is 2.00. The van der Waals surface area contributed by atoms with Crippen LogP contribution in [0.1, 0.15) is 19.3 Å². The van der Waals surface area contributed by atoms with Gasteiger partial charge < -0.3 is 14.8 Å². The second-order valence-corrected chi connectivity index (χ2v) is 5.58. The number of alkyl halides is 3. The zero-order valence-electron chi connectivity index (χ0n) is 11.6. The lowest BCUT2D eigenvalue weighted by atomic mass is 10.1. The molecule has 22 heavy (non-hydrogen) atoms. The van der Waals surface area contributed by atoms with Crippen LogP contribution in [0.5, 0.6) is 5.19 Å². The fraction of sp³-hybridized carbons (Fsp3) is 0.727. The maximum absolute atomic E-state index is 13.0. The van der Waals surface area contributed by atoms with Crippen molar-refractivity contribution in [2.75, 3.05) is 19.0 Å². The van der Waals surface area contributed by atoms with E-state index in [1.165, 1.54) is 7.11 Å². The highest BCUT2D eigenvalue weighted by molar-refractivity contribution is 7.17. The number of hydrogen-bond acceptors (Lipinski definition) is 6. The molecule has 1 fully saturated rings. The largest absolute Gasteiger partial charge is 0.472 e. The van der Waals surface area contributed by atoms with E-state index in [1.54, 1.807) is 0 Å². The number of hydrogen-bond donors (Lipinski definition) is 2. The monoisotopic (exact) mass is 340 g/mol.